The summed E-state index contributed by atoms with van der Waals surface area (Å²) in [5, 5.41) is 12.7. The first-order chi connectivity index (χ1) is 9.74. The summed E-state index contributed by atoms with van der Waals surface area (Å²) in [5.41, 5.74) is 1.01. The number of phenolic OH excluding ortho intramolecular Hbond substituents is 1. The van der Waals surface area contributed by atoms with E-state index in [0.29, 0.717) is 18.9 Å². The highest BCUT2D eigenvalue weighted by molar-refractivity contribution is 5.78. The van der Waals surface area contributed by atoms with Gasteiger partial charge >= 0.3 is 0 Å². The largest absolute Gasteiger partial charge is 0.508 e. The van der Waals surface area contributed by atoms with Gasteiger partial charge in [-0.3, -0.25) is 10.1 Å². The van der Waals surface area contributed by atoms with Gasteiger partial charge in [-0.15, -0.1) is 0 Å². The zero-order chi connectivity index (χ0) is 13.9. The van der Waals surface area contributed by atoms with Gasteiger partial charge in [0.1, 0.15) is 18.1 Å². The maximum atomic E-state index is 12.1. The molecule has 0 aliphatic carbocycles. The number of nitrogens with one attached hydrogen (secondary N) is 1. The highest BCUT2D eigenvalue weighted by Gasteiger charge is 2.25. The van der Waals surface area contributed by atoms with E-state index in [1.807, 2.05) is 11.0 Å². The molecule has 1 amide bonds. The highest BCUT2D eigenvalue weighted by atomic mass is 16.5. The molecule has 0 bridgehead atoms. The summed E-state index contributed by atoms with van der Waals surface area (Å²) in [6.07, 6.45) is 3.45. The molecule has 2 aliphatic rings. The van der Waals surface area contributed by atoms with Gasteiger partial charge in [-0.1, -0.05) is 0 Å². The average molecular weight is 276 g/mol. The van der Waals surface area contributed by atoms with Crippen molar-refractivity contribution in [1.82, 2.24) is 10.2 Å². The molecule has 5 nitrogen and oxygen atoms in total. The first kappa shape index (κ1) is 13.2. The van der Waals surface area contributed by atoms with Crippen LogP contribution < -0.4 is 10.1 Å². The van der Waals surface area contributed by atoms with Gasteiger partial charge in [0.15, 0.2) is 0 Å². The van der Waals surface area contributed by atoms with E-state index in [0.717, 1.165) is 31.5 Å². The third-order valence-electron chi connectivity index (χ3n) is 3.99. The van der Waals surface area contributed by atoms with Crippen molar-refractivity contribution in [3.8, 4) is 11.5 Å². The fraction of sp³-hybridized carbons (Fsp3) is 0.533. The summed E-state index contributed by atoms with van der Waals surface area (Å²) >= 11 is 0. The van der Waals surface area contributed by atoms with Crippen LogP contribution in [0.1, 0.15) is 30.9 Å². The molecular formula is C15H20N2O3. The van der Waals surface area contributed by atoms with E-state index in [1.54, 1.807) is 12.1 Å². The molecule has 1 unspecified atom stereocenters. The first-order valence-corrected chi connectivity index (χ1v) is 7.21. The standard InChI is InChI=1S/C15H20N2O3/c18-11-4-5-12-13(10-20-14(12)8-11)16-9-15(19)17-6-2-1-3-7-17/h4-5,8,13,16,18H,1-3,6-7,9-10H2. The zero-order valence-corrected chi connectivity index (χ0v) is 11.5. The molecule has 20 heavy (non-hydrogen) atoms. The van der Waals surface area contributed by atoms with Gasteiger partial charge < -0.3 is 14.7 Å². The van der Waals surface area contributed by atoms with Crippen molar-refractivity contribution in [3.63, 3.8) is 0 Å². The second-order valence-electron chi connectivity index (χ2n) is 5.41. The number of aromatic hydroxyl groups is 1. The zero-order valence-electron chi connectivity index (χ0n) is 11.5. The number of likely N-dealkylation sites (tertiary alicyclic amines) is 1. The predicted octanol–water partition coefficient (Wildman–Crippen LogP) is 1.43. The Balaban J connectivity index is 1.56. The molecule has 3 rings (SSSR count). The molecule has 2 N–H and O–H groups in total. The number of fused-ring (bicyclic) bond motifs is 1. The number of benzene rings is 1. The SMILES string of the molecule is O=C(CNC1COc2cc(O)ccc21)N1CCCCC1. The summed E-state index contributed by atoms with van der Waals surface area (Å²) in [6, 6.07) is 5.14. The van der Waals surface area contributed by atoms with Crippen LogP contribution in [0.5, 0.6) is 11.5 Å². The second-order valence-corrected chi connectivity index (χ2v) is 5.41. The molecule has 2 heterocycles. The minimum atomic E-state index is 0.0272. The number of carbonyl (C=O) groups is 1. The molecule has 2 aliphatic heterocycles. The first-order valence-electron chi connectivity index (χ1n) is 7.21. The molecule has 1 aromatic rings. The van der Waals surface area contributed by atoms with Crippen molar-refractivity contribution < 1.29 is 14.6 Å². The lowest BCUT2D eigenvalue weighted by molar-refractivity contribution is -0.131. The Hall–Kier alpha value is -1.75. The van der Waals surface area contributed by atoms with Crippen LogP contribution in [0, 0.1) is 0 Å². The Kier molecular flexibility index (Phi) is 3.78. The van der Waals surface area contributed by atoms with Crippen LogP contribution in [0.25, 0.3) is 0 Å². The lowest BCUT2D eigenvalue weighted by Gasteiger charge is -2.27. The van der Waals surface area contributed by atoms with Gasteiger partial charge in [-0.05, 0) is 31.4 Å². The number of amides is 1. The Labute approximate surface area is 118 Å². The molecule has 0 aromatic heterocycles. The number of hydrogen-bond donors (Lipinski definition) is 2. The fourth-order valence-corrected chi connectivity index (χ4v) is 2.83. The third kappa shape index (κ3) is 2.72. The monoisotopic (exact) mass is 276 g/mol. The highest BCUT2D eigenvalue weighted by Crippen LogP contribution is 2.34. The van der Waals surface area contributed by atoms with E-state index < -0.39 is 0 Å². The lowest BCUT2D eigenvalue weighted by Crippen LogP contribution is -2.42. The molecule has 0 saturated carbocycles. The van der Waals surface area contributed by atoms with Gasteiger partial charge in [-0.25, -0.2) is 0 Å². The maximum Gasteiger partial charge on any atom is 0.236 e. The lowest BCUT2D eigenvalue weighted by atomic mass is 10.1. The number of carbonyl (C=O) groups excluding carboxylic acids is 1. The van der Waals surface area contributed by atoms with Gasteiger partial charge in [0.05, 0.1) is 12.6 Å². The number of phenols is 1. The van der Waals surface area contributed by atoms with E-state index in [9.17, 15) is 9.90 Å². The van der Waals surface area contributed by atoms with Crippen LogP contribution in [-0.4, -0.2) is 42.2 Å². The number of rotatable bonds is 3. The molecule has 0 radical (unpaired) electrons. The van der Waals surface area contributed by atoms with Crippen molar-refractivity contribution >= 4 is 5.91 Å². The quantitative estimate of drug-likeness (QED) is 0.876. The van der Waals surface area contributed by atoms with E-state index in [-0.39, 0.29) is 17.7 Å². The maximum absolute atomic E-state index is 12.1. The van der Waals surface area contributed by atoms with E-state index in [4.69, 9.17) is 4.74 Å². The number of nitrogens with zero attached hydrogens (tertiary/aromatic N) is 1. The van der Waals surface area contributed by atoms with Crippen LogP contribution in [0.4, 0.5) is 0 Å². The molecular weight excluding hydrogens is 256 g/mol. The number of ether oxygens (including phenoxy) is 1. The van der Waals surface area contributed by atoms with Crippen molar-refractivity contribution in [2.75, 3.05) is 26.2 Å². The van der Waals surface area contributed by atoms with Crippen molar-refractivity contribution in [1.29, 1.82) is 0 Å². The summed E-state index contributed by atoms with van der Waals surface area (Å²) in [6.45, 7) is 2.61. The van der Waals surface area contributed by atoms with Crippen LogP contribution in [0.15, 0.2) is 18.2 Å². The van der Waals surface area contributed by atoms with E-state index in [2.05, 4.69) is 5.32 Å². The molecule has 0 spiro atoms. The van der Waals surface area contributed by atoms with Crippen LogP contribution in [-0.2, 0) is 4.79 Å². The van der Waals surface area contributed by atoms with Gasteiger partial charge in [0, 0.05) is 24.7 Å². The van der Waals surface area contributed by atoms with Crippen LogP contribution in [0.3, 0.4) is 0 Å². The molecule has 1 saturated heterocycles. The summed E-state index contributed by atoms with van der Waals surface area (Å²) in [7, 11) is 0. The summed E-state index contributed by atoms with van der Waals surface area (Å²) in [4.78, 5) is 14.0. The van der Waals surface area contributed by atoms with Crippen molar-refractivity contribution in [2.24, 2.45) is 0 Å². The fourth-order valence-electron chi connectivity index (χ4n) is 2.83. The van der Waals surface area contributed by atoms with Crippen LogP contribution in [0.2, 0.25) is 0 Å². The van der Waals surface area contributed by atoms with Crippen molar-refractivity contribution in [2.45, 2.75) is 25.3 Å². The Morgan fingerprint density at radius 1 is 1.35 bits per heavy atom. The van der Waals surface area contributed by atoms with Gasteiger partial charge in [0.2, 0.25) is 5.91 Å². The Morgan fingerprint density at radius 3 is 2.95 bits per heavy atom. The molecule has 1 aromatic carbocycles. The third-order valence-corrected chi connectivity index (χ3v) is 3.99. The smallest absolute Gasteiger partial charge is 0.236 e. The normalized spacial score (nSPS) is 21.4. The minimum absolute atomic E-state index is 0.0272. The van der Waals surface area contributed by atoms with Crippen molar-refractivity contribution in [3.05, 3.63) is 23.8 Å². The number of hydrogen-bond acceptors (Lipinski definition) is 4. The molecule has 5 heteroatoms. The van der Waals surface area contributed by atoms with Gasteiger partial charge in [-0.2, -0.15) is 0 Å². The predicted molar refractivity (Wildman–Crippen MR) is 74.8 cm³/mol. The average Bonchev–Trinajstić information content (AvgIpc) is 2.88. The molecule has 108 valence electrons. The topological polar surface area (TPSA) is 61.8 Å². The van der Waals surface area contributed by atoms with E-state index >= 15 is 0 Å². The molecule has 1 atom stereocenters. The Morgan fingerprint density at radius 2 is 2.15 bits per heavy atom. The number of piperidine rings is 1. The van der Waals surface area contributed by atoms with Gasteiger partial charge in [0.25, 0.3) is 0 Å². The molecule has 1 fully saturated rings. The second kappa shape index (κ2) is 5.71. The summed E-state index contributed by atoms with van der Waals surface area (Å²) < 4.78 is 5.52. The summed E-state index contributed by atoms with van der Waals surface area (Å²) in [5.74, 6) is 1.07. The van der Waals surface area contributed by atoms with Crippen LogP contribution >= 0.6 is 0 Å². The Bertz CT molecular complexity index is 498. The van der Waals surface area contributed by atoms with E-state index in [1.165, 1.54) is 6.42 Å². The minimum Gasteiger partial charge on any atom is -0.508 e.